The Morgan fingerprint density at radius 3 is 1.57 bits per heavy atom. The summed E-state index contributed by atoms with van der Waals surface area (Å²) in [5, 5.41) is 52.7. The van der Waals surface area contributed by atoms with Crippen molar-refractivity contribution in [1.82, 2.24) is 47.4 Å². The van der Waals surface area contributed by atoms with Crippen molar-refractivity contribution < 1.29 is 72.9 Å². The number of carbonyl (C=O) groups excluding carboxylic acids is 12. The maximum Gasteiger partial charge on any atom is 0.252 e. The zero-order chi connectivity index (χ0) is 62.0. The second-order valence-corrected chi connectivity index (χ2v) is 23.1. The van der Waals surface area contributed by atoms with Gasteiger partial charge in [0, 0.05) is 6.42 Å². The van der Waals surface area contributed by atoms with Crippen molar-refractivity contribution >= 4 is 70.9 Å². The minimum atomic E-state index is -2.27. The zero-order valence-corrected chi connectivity index (χ0v) is 49.7. The molecule has 0 aromatic rings. The SMILES string of the molecule is CCCCCCC[C@@H](O)CC(=O)N[C@H](CCC(N)=O)C(=O)N[C@@H](CC(C)C)C(=O)N1C(=O)[C@H]([C@@H](C)CC)NC(=O)[C@@H](CC(N)=O)NC(=O)[C@H](CC(C)C)NC(=O)[C@@H](CO)NC(=O)[C@@H](CC(C)C)NC(=O)[C@@H](C(C)C)NC(=O)[C@H]1[C@@H](C)O. The highest BCUT2D eigenvalue weighted by Gasteiger charge is 2.47. The van der Waals surface area contributed by atoms with Crippen LogP contribution in [0.25, 0.3) is 0 Å². The Hall–Kier alpha value is -6.28. The van der Waals surface area contributed by atoms with Gasteiger partial charge >= 0.3 is 0 Å². The van der Waals surface area contributed by atoms with Crippen LogP contribution >= 0.6 is 0 Å². The van der Waals surface area contributed by atoms with Crippen molar-refractivity contribution in [2.45, 2.75) is 240 Å². The van der Waals surface area contributed by atoms with Crippen molar-refractivity contribution in [2.24, 2.45) is 41.1 Å². The number of aliphatic hydroxyl groups is 3. The van der Waals surface area contributed by atoms with Gasteiger partial charge in [-0.15, -0.1) is 0 Å². The van der Waals surface area contributed by atoms with E-state index in [1.54, 1.807) is 48.5 Å². The predicted molar refractivity (Wildman–Crippen MR) is 299 cm³/mol. The summed E-state index contributed by atoms with van der Waals surface area (Å²) in [6.45, 7) is 18.5. The molecule has 1 fully saturated rings. The third-order valence-corrected chi connectivity index (χ3v) is 13.8. The third-order valence-electron chi connectivity index (χ3n) is 13.8. The molecule has 0 aromatic heterocycles. The Morgan fingerprint density at radius 1 is 0.580 bits per heavy atom. The number of aliphatic hydroxyl groups excluding tert-OH is 3. The van der Waals surface area contributed by atoms with E-state index in [-0.39, 0.29) is 43.9 Å². The number of hydrogen-bond donors (Lipinski definition) is 13. The highest BCUT2D eigenvalue weighted by Crippen LogP contribution is 2.21. The van der Waals surface area contributed by atoms with Crippen LogP contribution in [0.15, 0.2) is 0 Å². The van der Waals surface area contributed by atoms with Crippen LogP contribution in [0.5, 0.6) is 0 Å². The van der Waals surface area contributed by atoms with E-state index in [1.807, 2.05) is 0 Å². The fourth-order valence-electron chi connectivity index (χ4n) is 9.13. The Balaban J connectivity index is 4.36. The van der Waals surface area contributed by atoms with E-state index >= 15 is 9.59 Å². The fraction of sp³-hybridized carbons (Fsp3) is 0.782. The van der Waals surface area contributed by atoms with Crippen molar-refractivity contribution in [1.29, 1.82) is 0 Å². The van der Waals surface area contributed by atoms with Crippen molar-refractivity contribution in [3.63, 3.8) is 0 Å². The van der Waals surface area contributed by atoms with E-state index in [0.717, 1.165) is 32.6 Å². The predicted octanol–water partition coefficient (Wildman–Crippen LogP) is -0.932. The molecule has 462 valence electrons. The molecule has 1 aliphatic rings. The molecule has 81 heavy (non-hydrogen) atoms. The number of amides is 12. The van der Waals surface area contributed by atoms with Gasteiger partial charge in [0.25, 0.3) is 11.8 Å². The minimum Gasteiger partial charge on any atom is -0.394 e. The third kappa shape index (κ3) is 25.6. The normalized spacial score (nSPS) is 23.2. The Labute approximate surface area is 477 Å². The fourth-order valence-corrected chi connectivity index (χ4v) is 9.13. The monoisotopic (exact) mass is 1150 g/mol. The summed E-state index contributed by atoms with van der Waals surface area (Å²) in [5.74, 6) is -15.8. The maximum atomic E-state index is 15.6. The molecule has 15 N–H and O–H groups in total. The summed E-state index contributed by atoms with van der Waals surface area (Å²) in [6.07, 6.45) is -0.746. The summed E-state index contributed by atoms with van der Waals surface area (Å²) in [4.78, 5) is 170. The van der Waals surface area contributed by atoms with E-state index in [9.17, 15) is 63.3 Å². The van der Waals surface area contributed by atoms with Crippen molar-refractivity contribution in [3.05, 3.63) is 0 Å². The summed E-state index contributed by atoms with van der Waals surface area (Å²) in [7, 11) is 0. The molecule has 0 unspecified atom stereocenters. The second kappa shape index (κ2) is 36.2. The second-order valence-electron chi connectivity index (χ2n) is 23.1. The van der Waals surface area contributed by atoms with Crippen molar-refractivity contribution in [2.75, 3.05) is 6.61 Å². The average Bonchev–Trinajstić information content (AvgIpc) is 3.37. The van der Waals surface area contributed by atoms with E-state index < -0.39 is 181 Å². The van der Waals surface area contributed by atoms with Crippen LogP contribution in [0.1, 0.15) is 173 Å². The number of carbonyl (C=O) groups is 12. The Bertz CT molecular complexity index is 2140. The lowest BCUT2D eigenvalue weighted by atomic mass is 9.93. The van der Waals surface area contributed by atoms with Gasteiger partial charge in [0.15, 0.2) is 0 Å². The molecular weight excluding hydrogens is 1050 g/mol. The lowest BCUT2D eigenvalue weighted by Gasteiger charge is -2.38. The number of primary amides is 2. The highest BCUT2D eigenvalue weighted by molar-refractivity contribution is 6.07. The van der Waals surface area contributed by atoms with Crippen LogP contribution in [0.3, 0.4) is 0 Å². The molecule has 0 saturated carbocycles. The first-order valence-corrected chi connectivity index (χ1v) is 28.6. The first-order chi connectivity index (χ1) is 37.8. The number of nitrogens with one attached hydrogen (secondary N) is 8. The standard InChI is InChI=1S/C55H97N11O15/c1-13-15-16-17-18-19-34(69)25-43(72)58-35(20-21-41(56)70)47(73)62-39(24-30(7)8)54(80)66-46(33(12)68)53(79)64-44(31(9)10)52(78)61-37(23-29(5)6)49(75)63-40(27-67)51(77)59-36(22-28(3)4)48(74)60-38(26-42(57)71)50(76)65-45(55(66)81)32(11)14-2/h28-40,44-46,67-69H,13-27H2,1-12H3,(H2,56,70)(H2,57,71)(H,58,72)(H,59,77)(H,60,74)(H,61,78)(H,62,73)(H,63,75)(H,64,79)(H,65,76)/t32-,33+,34+,35+,36-,37+,38+,39-,40+,44+,45-,46+/m0/s1. The van der Waals surface area contributed by atoms with Gasteiger partial charge in [-0.25, -0.2) is 0 Å². The molecule has 0 aromatic carbocycles. The van der Waals surface area contributed by atoms with Crippen LogP contribution in [0.4, 0.5) is 0 Å². The zero-order valence-electron chi connectivity index (χ0n) is 49.7. The topological polar surface area (TPSA) is 417 Å². The molecule has 1 saturated heterocycles. The lowest BCUT2D eigenvalue weighted by Crippen LogP contribution is -2.67. The van der Waals surface area contributed by atoms with Crippen LogP contribution in [0, 0.1) is 29.6 Å². The van der Waals surface area contributed by atoms with Gasteiger partial charge in [0.05, 0.1) is 31.7 Å². The summed E-state index contributed by atoms with van der Waals surface area (Å²) in [6, 6.07) is -15.5. The van der Waals surface area contributed by atoms with Gasteiger partial charge in [-0.2, -0.15) is 0 Å². The highest BCUT2D eigenvalue weighted by atomic mass is 16.3. The molecule has 12 atom stereocenters. The Morgan fingerprint density at radius 2 is 1.09 bits per heavy atom. The van der Waals surface area contributed by atoms with Gasteiger partial charge < -0.3 is 69.3 Å². The number of nitrogens with zero attached hydrogens (tertiary/aromatic N) is 1. The van der Waals surface area contributed by atoms with Crippen LogP contribution < -0.4 is 54.0 Å². The molecule has 12 amide bonds. The molecule has 1 heterocycles. The molecular formula is C55H97N11O15. The maximum absolute atomic E-state index is 15.6. The van der Waals surface area contributed by atoms with Crippen LogP contribution in [-0.4, -0.2) is 164 Å². The number of unbranched alkanes of at least 4 members (excludes halogenated alkanes) is 4. The summed E-state index contributed by atoms with van der Waals surface area (Å²) < 4.78 is 0. The Kier molecular flexibility index (Phi) is 32.5. The molecule has 1 aliphatic heterocycles. The quantitative estimate of drug-likeness (QED) is 0.0421. The van der Waals surface area contributed by atoms with E-state index in [1.165, 1.54) is 20.8 Å². The molecule has 0 radical (unpaired) electrons. The molecule has 0 bridgehead atoms. The van der Waals surface area contributed by atoms with Gasteiger partial charge in [-0.05, 0) is 68.6 Å². The first kappa shape index (κ1) is 72.7. The van der Waals surface area contributed by atoms with Gasteiger partial charge in [0.2, 0.25) is 59.1 Å². The van der Waals surface area contributed by atoms with Crippen molar-refractivity contribution in [3.8, 4) is 0 Å². The number of nitrogens with two attached hydrogens (primary N) is 2. The number of rotatable bonds is 28. The average molecular weight is 1150 g/mol. The first-order valence-electron chi connectivity index (χ1n) is 28.6. The van der Waals surface area contributed by atoms with Crippen LogP contribution in [0.2, 0.25) is 0 Å². The molecule has 1 rings (SSSR count). The molecule has 0 spiro atoms. The minimum absolute atomic E-state index is 0.0436. The van der Waals surface area contributed by atoms with E-state index in [4.69, 9.17) is 11.5 Å². The van der Waals surface area contributed by atoms with Gasteiger partial charge in [-0.1, -0.05) is 115 Å². The van der Waals surface area contributed by atoms with E-state index in [0.29, 0.717) is 17.7 Å². The molecule has 26 heteroatoms. The summed E-state index contributed by atoms with van der Waals surface area (Å²) in [5.41, 5.74) is 11.0. The van der Waals surface area contributed by atoms with Gasteiger partial charge in [0.1, 0.15) is 54.4 Å². The summed E-state index contributed by atoms with van der Waals surface area (Å²) >= 11 is 0. The van der Waals surface area contributed by atoms with Gasteiger partial charge in [-0.3, -0.25) is 62.4 Å². The smallest absolute Gasteiger partial charge is 0.252 e. The molecule has 0 aliphatic carbocycles. The molecule has 26 nitrogen and oxygen atoms in total. The lowest BCUT2D eigenvalue weighted by molar-refractivity contribution is -0.160. The van der Waals surface area contributed by atoms with Crippen LogP contribution in [-0.2, 0) is 57.5 Å². The number of imide groups is 1. The van der Waals surface area contributed by atoms with E-state index in [2.05, 4.69) is 49.5 Å². The number of hydrogen-bond acceptors (Lipinski definition) is 15. The largest absolute Gasteiger partial charge is 0.394 e.